The third-order valence-corrected chi connectivity index (χ3v) is 5.95. The predicted octanol–water partition coefficient (Wildman–Crippen LogP) is 2.63. The van der Waals surface area contributed by atoms with Crippen LogP contribution in [0.4, 0.5) is 0 Å². The molecule has 0 aromatic carbocycles. The number of hydrogen-bond acceptors (Lipinski definition) is 3. The number of piperidine rings is 1. The van der Waals surface area contributed by atoms with E-state index in [0.717, 1.165) is 45.1 Å². The average molecular weight is 294 g/mol. The smallest absolute Gasteiger partial charge is 0.324 e. The number of nitrogens with one attached hydrogen (secondary N) is 1. The summed E-state index contributed by atoms with van der Waals surface area (Å²) in [7, 11) is 0. The summed E-state index contributed by atoms with van der Waals surface area (Å²) in [5, 5.41) is 13.3. The zero-order valence-corrected chi connectivity index (χ0v) is 13.3. The van der Waals surface area contributed by atoms with Crippen LogP contribution >= 0.6 is 0 Å². The Morgan fingerprint density at radius 3 is 2.71 bits per heavy atom. The van der Waals surface area contributed by atoms with E-state index in [1.807, 2.05) is 0 Å². The van der Waals surface area contributed by atoms with Gasteiger partial charge in [0.1, 0.15) is 5.54 Å². The normalized spacial score (nSPS) is 37.8. The maximum atomic E-state index is 11.9. The molecular weight excluding hydrogens is 264 g/mol. The highest BCUT2D eigenvalue weighted by Gasteiger charge is 2.51. The largest absolute Gasteiger partial charge is 0.480 e. The van der Waals surface area contributed by atoms with Crippen LogP contribution in [0.15, 0.2) is 0 Å². The molecule has 0 spiro atoms. The molecule has 3 atom stereocenters. The van der Waals surface area contributed by atoms with Gasteiger partial charge in [0.25, 0.3) is 0 Å². The molecule has 4 nitrogen and oxygen atoms in total. The Morgan fingerprint density at radius 1 is 1.24 bits per heavy atom. The van der Waals surface area contributed by atoms with Gasteiger partial charge in [0.05, 0.1) is 0 Å². The number of likely N-dealkylation sites (tertiary alicyclic amines) is 1. The van der Waals surface area contributed by atoms with E-state index < -0.39 is 11.5 Å². The maximum Gasteiger partial charge on any atom is 0.324 e. The monoisotopic (exact) mass is 294 g/mol. The Kier molecular flexibility index (Phi) is 4.55. The molecule has 3 unspecified atom stereocenters. The number of rotatable bonds is 6. The molecule has 0 radical (unpaired) electrons. The lowest BCUT2D eigenvalue weighted by Gasteiger charge is -2.37. The van der Waals surface area contributed by atoms with E-state index in [0.29, 0.717) is 18.0 Å². The fraction of sp³-hybridized carbons (Fsp3) is 0.941. The van der Waals surface area contributed by atoms with Crippen molar-refractivity contribution in [1.82, 2.24) is 10.2 Å². The summed E-state index contributed by atoms with van der Waals surface area (Å²) in [6.07, 6.45) is 10.3. The van der Waals surface area contributed by atoms with Crippen LogP contribution in [0.3, 0.4) is 0 Å². The fourth-order valence-electron chi connectivity index (χ4n) is 4.41. The Balaban J connectivity index is 1.60. The third kappa shape index (κ3) is 3.26. The maximum absolute atomic E-state index is 11.9. The van der Waals surface area contributed by atoms with E-state index in [-0.39, 0.29) is 0 Å². The molecule has 3 fully saturated rings. The summed E-state index contributed by atoms with van der Waals surface area (Å²) in [6, 6.07) is 1.14. The van der Waals surface area contributed by atoms with Crippen LogP contribution in [0, 0.1) is 5.92 Å². The summed E-state index contributed by atoms with van der Waals surface area (Å²) in [6.45, 7) is 4.60. The molecule has 3 rings (SSSR count). The van der Waals surface area contributed by atoms with Crippen molar-refractivity contribution in [3.63, 3.8) is 0 Å². The highest BCUT2D eigenvalue weighted by Crippen LogP contribution is 2.41. The van der Waals surface area contributed by atoms with E-state index in [1.165, 1.54) is 25.8 Å². The van der Waals surface area contributed by atoms with Crippen LogP contribution in [-0.2, 0) is 4.79 Å². The molecule has 2 saturated carbocycles. The van der Waals surface area contributed by atoms with Crippen LogP contribution < -0.4 is 5.32 Å². The molecule has 4 heteroatoms. The van der Waals surface area contributed by atoms with E-state index in [1.54, 1.807) is 0 Å². The van der Waals surface area contributed by atoms with Gasteiger partial charge in [-0.05, 0) is 70.9 Å². The predicted molar refractivity (Wildman–Crippen MR) is 83.4 cm³/mol. The summed E-state index contributed by atoms with van der Waals surface area (Å²) < 4.78 is 0. The van der Waals surface area contributed by atoms with Crippen LogP contribution in [0.25, 0.3) is 0 Å². The number of hydrogen-bond donors (Lipinski definition) is 2. The molecule has 21 heavy (non-hydrogen) atoms. The Morgan fingerprint density at radius 2 is 2.05 bits per heavy atom. The van der Waals surface area contributed by atoms with Gasteiger partial charge in [0, 0.05) is 12.1 Å². The standard InChI is InChI=1S/C17H30N2O2/c1-13-5-2-3-11-19(13)12-9-14-6-4-10-17(14,16(20)21)18-15-7-8-15/h13-15,18H,2-12H2,1H3,(H,20,21). The molecule has 0 amide bonds. The second kappa shape index (κ2) is 6.25. The zero-order chi connectivity index (χ0) is 14.9. The van der Waals surface area contributed by atoms with Crippen LogP contribution in [0.5, 0.6) is 0 Å². The molecule has 2 aliphatic carbocycles. The van der Waals surface area contributed by atoms with E-state index >= 15 is 0 Å². The first kappa shape index (κ1) is 15.3. The van der Waals surface area contributed by atoms with Gasteiger partial charge in [-0.25, -0.2) is 0 Å². The number of aliphatic carboxylic acids is 1. The van der Waals surface area contributed by atoms with Gasteiger partial charge in [0.2, 0.25) is 0 Å². The van der Waals surface area contributed by atoms with Gasteiger partial charge in [-0.2, -0.15) is 0 Å². The molecular formula is C17H30N2O2. The Bertz CT molecular complexity index is 383. The van der Waals surface area contributed by atoms with Crippen molar-refractivity contribution in [1.29, 1.82) is 0 Å². The molecule has 1 heterocycles. The van der Waals surface area contributed by atoms with E-state index in [9.17, 15) is 9.90 Å². The highest BCUT2D eigenvalue weighted by atomic mass is 16.4. The van der Waals surface area contributed by atoms with Crippen molar-refractivity contribution in [2.24, 2.45) is 5.92 Å². The van der Waals surface area contributed by atoms with Crippen molar-refractivity contribution in [3.8, 4) is 0 Å². The Labute approximate surface area is 128 Å². The SMILES string of the molecule is CC1CCCCN1CCC1CCCC1(NC1CC1)C(=O)O. The molecule has 1 aliphatic heterocycles. The minimum absolute atomic E-state index is 0.310. The number of nitrogens with zero attached hydrogens (tertiary/aromatic N) is 1. The van der Waals surface area contributed by atoms with E-state index in [4.69, 9.17) is 0 Å². The fourth-order valence-corrected chi connectivity index (χ4v) is 4.41. The number of carboxylic acids is 1. The summed E-state index contributed by atoms with van der Waals surface area (Å²) in [5.41, 5.74) is -0.625. The summed E-state index contributed by atoms with van der Waals surface area (Å²) >= 11 is 0. The Hall–Kier alpha value is -0.610. The molecule has 0 bridgehead atoms. The van der Waals surface area contributed by atoms with Crippen molar-refractivity contribution in [3.05, 3.63) is 0 Å². The van der Waals surface area contributed by atoms with Crippen LogP contribution in [-0.4, -0.2) is 46.7 Å². The van der Waals surface area contributed by atoms with Crippen molar-refractivity contribution >= 4 is 5.97 Å². The molecule has 0 aromatic rings. The van der Waals surface area contributed by atoms with Crippen molar-refractivity contribution < 1.29 is 9.90 Å². The zero-order valence-electron chi connectivity index (χ0n) is 13.3. The van der Waals surface area contributed by atoms with Gasteiger partial charge >= 0.3 is 5.97 Å². The first-order valence-electron chi connectivity index (χ1n) is 8.87. The van der Waals surface area contributed by atoms with Crippen LogP contribution in [0.1, 0.15) is 64.7 Å². The molecule has 1 saturated heterocycles. The third-order valence-electron chi connectivity index (χ3n) is 5.95. The lowest BCUT2D eigenvalue weighted by molar-refractivity contribution is -0.147. The second-order valence-electron chi connectivity index (χ2n) is 7.45. The highest BCUT2D eigenvalue weighted by molar-refractivity contribution is 5.80. The average Bonchev–Trinajstić information content (AvgIpc) is 3.17. The molecule has 2 N–H and O–H groups in total. The van der Waals surface area contributed by atoms with Crippen LogP contribution in [0.2, 0.25) is 0 Å². The van der Waals surface area contributed by atoms with Crippen molar-refractivity contribution in [2.75, 3.05) is 13.1 Å². The molecule has 3 aliphatic rings. The number of carboxylic acid groups (broad SMARTS) is 1. The second-order valence-corrected chi connectivity index (χ2v) is 7.45. The summed E-state index contributed by atoms with van der Waals surface area (Å²) in [5.74, 6) is -0.298. The summed E-state index contributed by atoms with van der Waals surface area (Å²) in [4.78, 5) is 14.5. The molecule has 0 aromatic heterocycles. The minimum atomic E-state index is -0.625. The quantitative estimate of drug-likeness (QED) is 0.791. The van der Waals surface area contributed by atoms with Gasteiger partial charge in [0.15, 0.2) is 0 Å². The minimum Gasteiger partial charge on any atom is -0.480 e. The lowest BCUT2D eigenvalue weighted by Crippen LogP contribution is -2.56. The van der Waals surface area contributed by atoms with Crippen molar-refractivity contribution in [2.45, 2.75) is 82.3 Å². The van der Waals surface area contributed by atoms with Gasteiger partial charge in [-0.3, -0.25) is 10.1 Å². The lowest BCUT2D eigenvalue weighted by atomic mass is 9.84. The van der Waals surface area contributed by atoms with Gasteiger partial charge in [-0.1, -0.05) is 12.8 Å². The van der Waals surface area contributed by atoms with Gasteiger partial charge in [-0.15, -0.1) is 0 Å². The first-order valence-corrected chi connectivity index (χ1v) is 8.87. The molecule has 120 valence electrons. The number of carbonyl (C=O) groups is 1. The van der Waals surface area contributed by atoms with E-state index in [2.05, 4.69) is 17.1 Å². The first-order chi connectivity index (χ1) is 10.1. The topological polar surface area (TPSA) is 52.6 Å². The van der Waals surface area contributed by atoms with Gasteiger partial charge < -0.3 is 10.0 Å².